The van der Waals surface area contributed by atoms with Gasteiger partial charge in [0.05, 0.1) is 5.56 Å². The number of aryl methyl sites for hydroxylation is 2. The number of aromatic nitrogens is 3. The molecular formula is C30H29N3O4. The molecule has 37 heavy (non-hydrogen) atoms. The lowest BCUT2D eigenvalue weighted by molar-refractivity contribution is -0.156. The van der Waals surface area contributed by atoms with Crippen molar-refractivity contribution in [3.05, 3.63) is 89.5 Å². The number of aromatic hydroxyl groups is 1. The van der Waals surface area contributed by atoms with Crippen molar-refractivity contribution in [2.24, 2.45) is 0 Å². The number of carbonyl (C=O) groups is 1. The van der Waals surface area contributed by atoms with Gasteiger partial charge in [-0.2, -0.15) is 0 Å². The van der Waals surface area contributed by atoms with Crippen molar-refractivity contribution in [2.75, 3.05) is 0 Å². The van der Waals surface area contributed by atoms with Gasteiger partial charge in [0.1, 0.15) is 11.5 Å². The van der Waals surface area contributed by atoms with Crippen molar-refractivity contribution < 1.29 is 19.4 Å². The predicted octanol–water partition coefficient (Wildman–Crippen LogP) is 6.35. The van der Waals surface area contributed by atoms with Gasteiger partial charge in [-0.05, 0) is 39.8 Å². The van der Waals surface area contributed by atoms with Crippen LogP contribution in [0.25, 0.3) is 34.2 Å². The minimum Gasteiger partial charge on any atom is -0.507 e. The summed E-state index contributed by atoms with van der Waals surface area (Å²) >= 11 is 0. The van der Waals surface area contributed by atoms with Gasteiger partial charge in [0.25, 0.3) is 0 Å². The summed E-state index contributed by atoms with van der Waals surface area (Å²) in [5.74, 6) is 1.11. The summed E-state index contributed by atoms with van der Waals surface area (Å²) in [7, 11) is 0. The molecule has 0 spiro atoms. The maximum Gasteiger partial charge on any atom is 0.336 e. The maximum absolute atomic E-state index is 11.8. The Balaban J connectivity index is 1.76. The molecule has 1 heterocycles. The minimum atomic E-state index is -0.869. The number of benzene rings is 3. The number of ether oxygens (including phenoxy) is 2. The molecule has 7 nitrogen and oxygen atoms in total. The van der Waals surface area contributed by atoms with Gasteiger partial charge in [0.15, 0.2) is 17.5 Å². The molecule has 1 unspecified atom stereocenters. The van der Waals surface area contributed by atoms with Gasteiger partial charge in [-0.15, -0.1) is 0 Å². The first-order valence-electron chi connectivity index (χ1n) is 11.9. The smallest absolute Gasteiger partial charge is 0.336 e. The molecule has 188 valence electrons. The lowest BCUT2D eigenvalue weighted by Crippen LogP contribution is -2.21. The van der Waals surface area contributed by atoms with Crippen LogP contribution in [0.1, 0.15) is 30.5 Å². The van der Waals surface area contributed by atoms with Gasteiger partial charge in [0.2, 0.25) is 6.29 Å². The van der Waals surface area contributed by atoms with Gasteiger partial charge in [0, 0.05) is 29.2 Å². The Morgan fingerprint density at radius 1 is 0.811 bits per heavy atom. The van der Waals surface area contributed by atoms with Crippen LogP contribution in [0.3, 0.4) is 0 Å². The third-order valence-electron chi connectivity index (χ3n) is 5.79. The van der Waals surface area contributed by atoms with E-state index in [1.807, 2.05) is 62.4 Å². The van der Waals surface area contributed by atoms with Crippen LogP contribution in [-0.2, 0) is 9.53 Å². The van der Waals surface area contributed by atoms with E-state index in [1.54, 1.807) is 32.9 Å². The second-order valence-corrected chi connectivity index (χ2v) is 8.99. The number of esters is 1. The third-order valence-corrected chi connectivity index (χ3v) is 5.79. The molecule has 1 N–H and O–H groups in total. The normalized spacial score (nSPS) is 11.6. The molecule has 1 atom stereocenters. The molecule has 0 aliphatic rings. The zero-order chi connectivity index (χ0) is 26.7. The molecule has 0 amide bonds. The first-order chi connectivity index (χ1) is 17.6. The number of hydrogen-bond acceptors (Lipinski definition) is 7. The Morgan fingerprint density at radius 3 is 1.78 bits per heavy atom. The van der Waals surface area contributed by atoms with Crippen molar-refractivity contribution in [1.82, 2.24) is 15.0 Å². The number of phenolic OH excluding ortho intramolecular Hbond substituents is 1. The van der Waals surface area contributed by atoms with E-state index in [0.29, 0.717) is 34.3 Å². The van der Waals surface area contributed by atoms with E-state index >= 15 is 0 Å². The Bertz CT molecular complexity index is 1400. The lowest BCUT2D eigenvalue weighted by Gasteiger charge is -2.18. The van der Waals surface area contributed by atoms with Gasteiger partial charge in [-0.1, -0.05) is 66.2 Å². The molecule has 4 rings (SSSR count). The van der Waals surface area contributed by atoms with E-state index in [-0.39, 0.29) is 11.3 Å². The summed E-state index contributed by atoms with van der Waals surface area (Å²) in [6, 6.07) is 19.2. The number of phenols is 1. The van der Waals surface area contributed by atoms with Crippen LogP contribution in [-0.4, -0.2) is 32.3 Å². The first kappa shape index (κ1) is 25.6. The monoisotopic (exact) mass is 495 g/mol. The van der Waals surface area contributed by atoms with Crippen LogP contribution in [0.15, 0.2) is 72.8 Å². The summed E-state index contributed by atoms with van der Waals surface area (Å²) in [6.45, 7) is 12.5. The summed E-state index contributed by atoms with van der Waals surface area (Å²) in [6.07, 6.45) is -0.869. The fourth-order valence-electron chi connectivity index (χ4n) is 3.60. The van der Waals surface area contributed by atoms with Crippen molar-refractivity contribution in [3.63, 3.8) is 0 Å². The van der Waals surface area contributed by atoms with E-state index < -0.39 is 12.3 Å². The molecule has 0 radical (unpaired) electrons. The van der Waals surface area contributed by atoms with E-state index in [2.05, 4.69) is 6.58 Å². The van der Waals surface area contributed by atoms with Gasteiger partial charge in [-0.25, -0.2) is 19.7 Å². The molecular weight excluding hydrogens is 466 g/mol. The second kappa shape index (κ2) is 10.6. The zero-order valence-electron chi connectivity index (χ0n) is 21.6. The second-order valence-electron chi connectivity index (χ2n) is 8.99. The maximum atomic E-state index is 11.8. The highest BCUT2D eigenvalue weighted by Gasteiger charge is 2.19. The largest absolute Gasteiger partial charge is 0.507 e. The topological polar surface area (TPSA) is 94.4 Å². The van der Waals surface area contributed by atoms with Crippen LogP contribution in [0.2, 0.25) is 0 Å². The summed E-state index contributed by atoms with van der Waals surface area (Å²) in [5, 5.41) is 11.1. The molecule has 0 saturated carbocycles. The van der Waals surface area contributed by atoms with Crippen LogP contribution >= 0.6 is 0 Å². The fraction of sp³-hybridized carbons (Fsp3) is 0.200. The predicted molar refractivity (Wildman–Crippen MR) is 143 cm³/mol. The Morgan fingerprint density at radius 2 is 1.30 bits per heavy atom. The molecule has 0 bridgehead atoms. The number of carbonyl (C=O) groups excluding carboxylic acids is 1. The summed E-state index contributed by atoms with van der Waals surface area (Å²) in [5.41, 5.74) is 5.10. The summed E-state index contributed by atoms with van der Waals surface area (Å²) in [4.78, 5) is 25.9. The van der Waals surface area contributed by atoms with Gasteiger partial charge < -0.3 is 14.6 Å². The van der Waals surface area contributed by atoms with E-state index in [9.17, 15) is 9.90 Å². The Kier molecular flexibility index (Phi) is 7.34. The van der Waals surface area contributed by atoms with Crippen molar-refractivity contribution in [3.8, 4) is 45.7 Å². The van der Waals surface area contributed by atoms with E-state index in [0.717, 1.165) is 22.3 Å². The fourth-order valence-corrected chi connectivity index (χ4v) is 3.60. The molecule has 0 saturated heterocycles. The highest BCUT2D eigenvalue weighted by atomic mass is 16.7. The van der Waals surface area contributed by atoms with E-state index in [1.165, 1.54) is 0 Å². The molecule has 3 aromatic carbocycles. The van der Waals surface area contributed by atoms with Crippen LogP contribution in [0.5, 0.6) is 11.5 Å². The molecule has 0 aliphatic carbocycles. The van der Waals surface area contributed by atoms with Gasteiger partial charge in [-0.3, -0.25) is 0 Å². The highest BCUT2D eigenvalue weighted by Crippen LogP contribution is 2.37. The number of hydrogen-bond donors (Lipinski definition) is 1. The van der Waals surface area contributed by atoms with Gasteiger partial charge >= 0.3 is 5.97 Å². The standard InChI is InChI=1S/C30H29N3O4/c1-17(2)30(35)37-21(6)36-25-16-15-24(26(34)20(25)5)29-32-27(22-11-7-18(3)8-12-22)31-28(33-29)23-13-9-19(4)10-14-23/h7-16,21,34H,1H2,2-6H3. The minimum absolute atomic E-state index is 0.0353. The average molecular weight is 496 g/mol. The molecule has 4 aromatic rings. The first-order valence-corrected chi connectivity index (χ1v) is 11.9. The number of nitrogens with zero attached hydrogens (tertiary/aromatic N) is 3. The zero-order valence-corrected chi connectivity index (χ0v) is 21.6. The Hall–Kier alpha value is -4.52. The molecule has 1 aromatic heterocycles. The quantitative estimate of drug-likeness (QED) is 0.181. The van der Waals surface area contributed by atoms with Crippen LogP contribution < -0.4 is 4.74 Å². The average Bonchev–Trinajstić information content (AvgIpc) is 2.87. The third kappa shape index (κ3) is 5.83. The Labute approximate surface area is 216 Å². The van der Waals surface area contributed by atoms with Crippen LogP contribution in [0.4, 0.5) is 0 Å². The van der Waals surface area contributed by atoms with Crippen molar-refractivity contribution in [2.45, 2.75) is 40.9 Å². The van der Waals surface area contributed by atoms with Crippen molar-refractivity contribution >= 4 is 5.97 Å². The van der Waals surface area contributed by atoms with Crippen LogP contribution in [0, 0.1) is 20.8 Å². The summed E-state index contributed by atoms with van der Waals surface area (Å²) < 4.78 is 10.9. The molecule has 0 fully saturated rings. The highest BCUT2D eigenvalue weighted by molar-refractivity contribution is 5.87. The molecule has 0 aliphatic heterocycles. The van der Waals surface area contributed by atoms with E-state index in [4.69, 9.17) is 24.4 Å². The molecule has 7 heteroatoms. The van der Waals surface area contributed by atoms with Crippen molar-refractivity contribution in [1.29, 1.82) is 0 Å². The number of rotatable bonds is 7. The SMILES string of the molecule is C=C(C)C(=O)OC(C)Oc1ccc(-c2nc(-c3ccc(C)cc3)nc(-c3ccc(C)cc3)n2)c(O)c1C. The lowest BCUT2D eigenvalue weighted by atomic mass is 10.1.